The van der Waals surface area contributed by atoms with Crippen LogP contribution in [0.4, 0.5) is 10.1 Å². The maximum absolute atomic E-state index is 12.9. The van der Waals surface area contributed by atoms with E-state index in [4.69, 9.17) is 25.4 Å². The summed E-state index contributed by atoms with van der Waals surface area (Å²) in [6.45, 7) is -0.887. The summed E-state index contributed by atoms with van der Waals surface area (Å²) in [5.74, 6) is 1.30. The average molecular weight is 509 g/mol. The van der Waals surface area contributed by atoms with Gasteiger partial charge in [0.2, 0.25) is 5.75 Å². The maximum Gasteiger partial charge on any atom is 0.349 e. The Morgan fingerprint density at radius 1 is 1.19 bits per heavy atom. The van der Waals surface area contributed by atoms with Crippen molar-refractivity contribution in [1.29, 1.82) is 5.41 Å². The average Bonchev–Trinajstić information content (AvgIpc) is 3.31. The van der Waals surface area contributed by atoms with Crippen molar-refractivity contribution in [3.8, 4) is 23.1 Å². The highest BCUT2D eigenvalue weighted by Crippen LogP contribution is 2.41. The van der Waals surface area contributed by atoms with E-state index in [0.717, 1.165) is 4.68 Å². The van der Waals surface area contributed by atoms with E-state index in [0.29, 0.717) is 28.3 Å². The first-order valence-electron chi connectivity index (χ1n) is 11.1. The largest absolute Gasteiger partial charge is 0.493 e. The monoisotopic (exact) mass is 508 g/mol. The molecule has 0 fully saturated rings. The standard InChI is InChI=1S/C24H25FN8O4/c1-35-17-12-15(13-18(21(17)36-2)37-11-9-25)20(29-16-7-5-14(6-8-16)22(26)27)23-30-24(34)33(32-23)19-4-3-10-28-31-19/h3-8,10,12-13,20,29H,9,11H2,1-2H3,(H3,26,27)(H,30,32,34). The fourth-order valence-electron chi connectivity index (χ4n) is 3.63. The van der Waals surface area contributed by atoms with E-state index in [-0.39, 0.29) is 29.8 Å². The first-order valence-corrected chi connectivity index (χ1v) is 11.1. The van der Waals surface area contributed by atoms with Gasteiger partial charge in [0, 0.05) is 17.4 Å². The number of methoxy groups -OCH3 is 2. The van der Waals surface area contributed by atoms with Gasteiger partial charge in [-0.2, -0.15) is 9.78 Å². The van der Waals surface area contributed by atoms with Crippen molar-refractivity contribution in [3.63, 3.8) is 0 Å². The van der Waals surface area contributed by atoms with Gasteiger partial charge < -0.3 is 25.3 Å². The Morgan fingerprint density at radius 3 is 2.57 bits per heavy atom. The zero-order valence-electron chi connectivity index (χ0n) is 20.1. The Labute approximate surface area is 210 Å². The number of H-pyrrole nitrogens is 1. The maximum atomic E-state index is 12.9. The molecule has 5 N–H and O–H groups in total. The van der Waals surface area contributed by atoms with Crippen molar-refractivity contribution in [2.45, 2.75) is 6.04 Å². The summed E-state index contributed by atoms with van der Waals surface area (Å²) in [4.78, 5) is 15.5. The van der Waals surface area contributed by atoms with E-state index in [1.54, 1.807) is 48.5 Å². The molecule has 2 aromatic carbocycles. The Kier molecular flexibility index (Phi) is 7.62. The van der Waals surface area contributed by atoms with E-state index in [1.807, 2.05) is 0 Å². The van der Waals surface area contributed by atoms with Crippen LogP contribution in [0.3, 0.4) is 0 Å². The summed E-state index contributed by atoms with van der Waals surface area (Å²) in [5.41, 5.74) is 6.81. The zero-order chi connectivity index (χ0) is 26.4. The third-order valence-electron chi connectivity index (χ3n) is 5.33. The summed E-state index contributed by atoms with van der Waals surface area (Å²) < 4.78 is 30.5. The van der Waals surface area contributed by atoms with Crippen LogP contribution in [0, 0.1) is 5.41 Å². The molecular weight excluding hydrogens is 483 g/mol. The molecular formula is C24H25FN8O4. The van der Waals surface area contributed by atoms with Crippen molar-refractivity contribution in [2.24, 2.45) is 5.73 Å². The number of nitrogens with zero attached hydrogens (tertiary/aromatic N) is 4. The third kappa shape index (κ3) is 5.50. The number of halogens is 1. The highest BCUT2D eigenvalue weighted by molar-refractivity contribution is 5.95. The first kappa shape index (κ1) is 25.2. The summed E-state index contributed by atoms with van der Waals surface area (Å²) in [5, 5.41) is 23.1. The normalized spacial score (nSPS) is 11.5. The van der Waals surface area contributed by atoms with Crippen LogP contribution in [-0.2, 0) is 0 Å². The van der Waals surface area contributed by atoms with Gasteiger partial charge >= 0.3 is 5.69 Å². The van der Waals surface area contributed by atoms with Crippen molar-refractivity contribution in [3.05, 3.63) is 82.2 Å². The van der Waals surface area contributed by atoms with Crippen LogP contribution in [0.5, 0.6) is 17.2 Å². The molecule has 0 spiro atoms. The van der Waals surface area contributed by atoms with E-state index >= 15 is 0 Å². The number of ether oxygens (including phenoxy) is 3. The van der Waals surface area contributed by atoms with Crippen LogP contribution >= 0.6 is 0 Å². The molecule has 1 atom stereocenters. The smallest absolute Gasteiger partial charge is 0.349 e. The molecule has 0 saturated heterocycles. The highest BCUT2D eigenvalue weighted by atomic mass is 19.1. The summed E-state index contributed by atoms with van der Waals surface area (Å²) in [6, 6.07) is 12.7. The number of aromatic nitrogens is 5. The Balaban J connectivity index is 1.83. The number of nitrogen functional groups attached to an aromatic ring is 1. The lowest BCUT2D eigenvalue weighted by Crippen LogP contribution is -2.17. The van der Waals surface area contributed by atoms with Gasteiger partial charge in [-0.25, -0.2) is 9.18 Å². The van der Waals surface area contributed by atoms with Gasteiger partial charge in [0.15, 0.2) is 23.1 Å². The molecule has 2 heterocycles. The van der Waals surface area contributed by atoms with Gasteiger partial charge in [0.05, 0.1) is 14.2 Å². The minimum atomic E-state index is -0.735. The molecule has 37 heavy (non-hydrogen) atoms. The number of benzene rings is 2. The van der Waals surface area contributed by atoms with Crippen molar-refractivity contribution >= 4 is 11.5 Å². The quantitative estimate of drug-likeness (QED) is 0.175. The van der Waals surface area contributed by atoms with Gasteiger partial charge in [-0.1, -0.05) is 0 Å². The number of alkyl halides is 1. The second-order valence-electron chi connectivity index (χ2n) is 7.67. The predicted octanol–water partition coefficient (Wildman–Crippen LogP) is 2.20. The molecule has 2 aromatic heterocycles. The minimum absolute atomic E-state index is 0.0651. The number of nitrogens with one attached hydrogen (secondary N) is 3. The number of hydrogen-bond acceptors (Lipinski definition) is 9. The summed E-state index contributed by atoms with van der Waals surface area (Å²) >= 11 is 0. The Morgan fingerprint density at radius 2 is 1.95 bits per heavy atom. The van der Waals surface area contributed by atoms with Crippen molar-refractivity contribution in [1.82, 2.24) is 25.0 Å². The Hall–Kier alpha value is -4.94. The van der Waals surface area contributed by atoms with Crippen LogP contribution < -0.4 is 31.0 Å². The van der Waals surface area contributed by atoms with Crippen LogP contribution in [0.25, 0.3) is 5.82 Å². The third-order valence-corrected chi connectivity index (χ3v) is 5.33. The number of nitrogens with two attached hydrogens (primary N) is 1. The van der Waals surface area contributed by atoms with Gasteiger partial charge in [0.1, 0.15) is 25.2 Å². The van der Waals surface area contributed by atoms with Gasteiger partial charge in [-0.3, -0.25) is 10.4 Å². The second kappa shape index (κ2) is 11.2. The predicted molar refractivity (Wildman–Crippen MR) is 134 cm³/mol. The molecule has 0 bridgehead atoms. The summed E-state index contributed by atoms with van der Waals surface area (Å²) in [7, 11) is 2.92. The molecule has 0 radical (unpaired) electrons. The second-order valence-corrected chi connectivity index (χ2v) is 7.67. The topological polar surface area (TPSA) is 166 Å². The highest BCUT2D eigenvalue weighted by Gasteiger charge is 2.25. The van der Waals surface area contributed by atoms with Gasteiger partial charge in [0.25, 0.3) is 0 Å². The lowest BCUT2D eigenvalue weighted by atomic mass is 10.0. The van der Waals surface area contributed by atoms with Crippen LogP contribution in [0.1, 0.15) is 23.0 Å². The number of anilines is 1. The fraction of sp³-hybridized carbons (Fsp3) is 0.208. The zero-order valence-corrected chi connectivity index (χ0v) is 20.1. The van der Waals surface area contributed by atoms with E-state index < -0.39 is 18.4 Å². The number of hydrogen-bond donors (Lipinski definition) is 4. The molecule has 0 aliphatic carbocycles. The summed E-state index contributed by atoms with van der Waals surface area (Å²) in [6.07, 6.45) is 1.49. The number of amidine groups is 1. The van der Waals surface area contributed by atoms with Crippen LogP contribution in [-0.4, -0.2) is 58.3 Å². The Bertz CT molecular complexity index is 1420. The molecule has 192 valence electrons. The lowest BCUT2D eigenvalue weighted by Gasteiger charge is -2.21. The lowest BCUT2D eigenvalue weighted by molar-refractivity contribution is 0.254. The molecule has 0 amide bonds. The van der Waals surface area contributed by atoms with E-state index in [9.17, 15) is 9.18 Å². The molecule has 13 heteroatoms. The first-order chi connectivity index (χ1) is 17.9. The van der Waals surface area contributed by atoms with E-state index in [2.05, 4.69) is 25.6 Å². The van der Waals surface area contributed by atoms with Crippen LogP contribution in [0.15, 0.2) is 59.5 Å². The molecule has 4 aromatic rings. The van der Waals surface area contributed by atoms with Gasteiger partial charge in [-0.15, -0.1) is 10.2 Å². The number of rotatable bonds is 11. The molecule has 0 aliphatic rings. The molecule has 0 aliphatic heterocycles. The van der Waals surface area contributed by atoms with Crippen molar-refractivity contribution < 1.29 is 18.6 Å². The molecule has 12 nitrogen and oxygen atoms in total. The van der Waals surface area contributed by atoms with E-state index in [1.165, 1.54) is 20.4 Å². The molecule has 1 unspecified atom stereocenters. The molecule has 0 saturated carbocycles. The SMILES string of the molecule is COc1cc(C(Nc2ccc(C(=N)N)cc2)c2nn(-c3cccnn3)c(=O)[nH]2)cc(OCCF)c1OC. The fourth-order valence-corrected chi connectivity index (χ4v) is 3.63. The van der Waals surface area contributed by atoms with Crippen molar-refractivity contribution in [2.75, 3.05) is 32.8 Å². The minimum Gasteiger partial charge on any atom is -0.493 e. The van der Waals surface area contributed by atoms with Gasteiger partial charge in [-0.05, 0) is 54.1 Å². The molecule has 4 rings (SSSR count). The van der Waals surface area contributed by atoms with Crippen LogP contribution in [0.2, 0.25) is 0 Å². The number of aromatic amines is 1.